The fraction of sp³-hybridized carbons (Fsp3) is 0. The minimum atomic E-state index is 0.0976. The van der Waals surface area contributed by atoms with E-state index in [0.717, 1.165) is 39.0 Å². The number of ketones is 1. The summed E-state index contributed by atoms with van der Waals surface area (Å²) < 4.78 is 0. The molecule has 2 heteroatoms. The Kier molecular flexibility index (Phi) is 2.91. The zero-order valence-corrected chi connectivity index (χ0v) is 16.0. The highest BCUT2D eigenvalue weighted by molar-refractivity contribution is 6.22. The first kappa shape index (κ1) is 15.8. The van der Waals surface area contributed by atoms with Crippen LogP contribution in [-0.4, -0.2) is 10.8 Å². The summed E-state index contributed by atoms with van der Waals surface area (Å²) in [6.45, 7) is 0. The van der Waals surface area contributed by atoms with Crippen molar-refractivity contribution in [2.24, 2.45) is 0 Å². The fourth-order valence-electron chi connectivity index (χ4n) is 5.01. The molecule has 0 aliphatic heterocycles. The van der Waals surface area contributed by atoms with Crippen LogP contribution in [0.2, 0.25) is 0 Å². The van der Waals surface area contributed by atoms with E-state index in [1.807, 2.05) is 30.3 Å². The number of hydrogen-bond donors (Lipinski definition) is 0. The van der Waals surface area contributed by atoms with Crippen molar-refractivity contribution in [3.63, 3.8) is 0 Å². The summed E-state index contributed by atoms with van der Waals surface area (Å²) in [5.41, 5.74) is 11.4. The van der Waals surface area contributed by atoms with Crippen LogP contribution < -0.4 is 0 Å². The van der Waals surface area contributed by atoms with E-state index in [1.165, 1.54) is 27.6 Å². The van der Waals surface area contributed by atoms with Crippen LogP contribution in [0.1, 0.15) is 15.9 Å². The van der Waals surface area contributed by atoms with Gasteiger partial charge in [-0.25, -0.2) is 4.98 Å². The molecule has 2 aliphatic rings. The van der Waals surface area contributed by atoms with Crippen molar-refractivity contribution < 1.29 is 4.79 Å². The van der Waals surface area contributed by atoms with Gasteiger partial charge in [0.2, 0.25) is 0 Å². The summed E-state index contributed by atoms with van der Waals surface area (Å²) in [7, 11) is 0. The average Bonchev–Trinajstić information content (AvgIpc) is 3.28. The van der Waals surface area contributed by atoms with E-state index in [2.05, 4.69) is 60.7 Å². The molecule has 0 spiro atoms. The highest BCUT2D eigenvalue weighted by Gasteiger charge is 2.27. The SMILES string of the molecule is O=C1c2ccccc2-c2ccc(-c3cc4c5c(cccc5n3)-c3ccccc3-4)cc21. The van der Waals surface area contributed by atoms with Crippen LogP contribution in [0.3, 0.4) is 0 Å². The largest absolute Gasteiger partial charge is 0.289 e. The summed E-state index contributed by atoms with van der Waals surface area (Å²) in [5.74, 6) is 0.0976. The van der Waals surface area contributed by atoms with Gasteiger partial charge in [-0.05, 0) is 51.6 Å². The summed E-state index contributed by atoms with van der Waals surface area (Å²) in [6.07, 6.45) is 0. The highest BCUT2D eigenvalue weighted by atomic mass is 16.1. The number of nitrogens with zero attached hydrogens (tertiary/aromatic N) is 1. The number of benzene rings is 4. The number of hydrogen-bond acceptors (Lipinski definition) is 2. The second kappa shape index (κ2) is 5.52. The quantitative estimate of drug-likeness (QED) is 0.314. The Morgan fingerprint density at radius 3 is 1.93 bits per heavy atom. The summed E-state index contributed by atoms with van der Waals surface area (Å²) in [4.78, 5) is 17.9. The minimum Gasteiger partial charge on any atom is -0.289 e. The third-order valence-electron chi connectivity index (χ3n) is 6.36. The second-order valence-electron chi connectivity index (χ2n) is 7.94. The van der Waals surface area contributed by atoms with Crippen molar-refractivity contribution in [3.05, 3.63) is 102 Å². The number of carbonyl (C=O) groups excluding carboxylic acids is 1. The molecule has 138 valence electrons. The lowest BCUT2D eigenvalue weighted by molar-refractivity contribution is 0.104. The first-order chi connectivity index (χ1) is 14.8. The van der Waals surface area contributed by atoms with Crippen LogP contribution in [0.5, 0.6) is 0 Å². The third kappa shape index (κ3) is 1.93. The van der Waals surface area contributed by atoms with Crippen molar-refractivity contribution in [2.45, 2.75) is 0 Å². The van der Waals surface area contributed by atoms with Crippen LogP contribution in [0.15, 0.2) is 91.0 Å². The maximum Gasteiger partial charge on any atom is 0.194 e. The molecule has 4 aromatic carbocycles. The number of fused-ring (bicyclic) bond motifs is 6. The number of aromatic nitrogens is 1. The molecule has 1 aromatic heterocycles. The van der Waals surface area contributed by atoms with Gasteiger partial charge >= 0.3 is 0 Å². The van der Waals surface area contributed by atoms with Crippen LogP contribution in [-0.2, 0) is 0 Å². The molecule has 30 heavy (non-hydrogen) atoms. The molecule has 0 radical (unpaired) electrons. The Labute approximate surface area is 173 Å². The maximum absolute atomic E-state index is 13.0. The normalized spacial score (nSPS) is 12.7. The molecular formula is C28H15NO. The smallest absolute Gasteiger partial charge is 0.194 e. The predicted octanol–water partition coefficient (Wildman–Crippen LogP) is 6.76. The standard InChI is InChI=1S/C28H15NO/c30-28-22-9-4-3-7-18(22)20-13-12-16(14-24(20)28)26-15-23-19-8-2-1-6-17(19)21-10-5-11-25(29-26)27(21)23/h1-15H. The van der Waals surface area contributed by atoms with Gasteiger partial charge in [-0.15, -0.1) is 0 Å². The Morgan fingerprint density at radius 2 is 1.13 bits per heavy atom. The molecule has 0 bridgehead atoms. The van der Waals surface area contributed by atoms with E-state index >= 15 is 0 Å². The Hall–Kier alpha value is -4.04. The Bertz CT molecular complexity index is 1560. The molecule has 1 heterocycles. The lowest BCUT2D eigenvalue weighted by atomic mass is 9.99. The number of carbonyl (C=O) groups is 1. The zero-order chi connectivity index (χ0) is 19.8. The van der Waals surface area contributed by atoms with Gasteiger partial charge in [0.05, 0.1) is 11.2 Å². The van der Waals surface area contributed by atoms with Crippen LogP contribution in [0.4, 0.5) is 0 Å². The topological polar surface area (TPSA) is 30.0 Å². The van der Waals surface area contributed by atoms with Crippen molar-refractivity contribution >= 4 is 16.7 Å². The molecule has 5 aromatic rings. The molecule has 0 saturated heterocycles. The molecule has 2 nitrogen and oxygen atoms in total. The highest BCUT2D eigenvalue weighted by Crippen LogP contribution is 2.48. The molecule has 0 N–H and O–H groups in total. The maximum atomic E-state index is 13.0. The molecule has 0 fully saturated rings. The molecule has 0 atom stereocenters. The first-order valence-electron chi connectivity index (χ1n) is 10.1. The van der Waals surface area contributed by atoms with Gasteiger partial charge in [0.25, 0.3) is 0 Å². The van der Waals surface area contributed by atoms with Gasteiger partial charge < -0.3 is 0 Å². The van der Waals surface area contributed by atoms with Crippen molar-refractivity contribution in [2.75, 3.05) is 0 Å². The summed E-state index contributed by atoms with van der Waals surface area (Å²) in [6, 6.07) is 31.0. The van der Waals surface area contributed by atoms with Gasteiger partial charge in [-0.2, -0.15) is 0 Å². The van der Waals surface area contributed by atoms with E-state index in [9.17, 15) is 4.79 Å². The molecule has 0 saturated carbocycles. The lowest BCUT2D eigenvalue weighted by Gasteiger charge is -2.08. The van der Waals surface area contributed by atoms with E-state index < -0.39 is 0 Å². The minimum absolute atomic E-state index is 0.0976. The van der Waals surface area contributed by atoms with Gasteiger partial charge in [0, 0.05) is 22.1 Å². The van der Waals surface area contributed by atoms with Gasteiger partial charge in [0.15, 0.2) is 5.78 Å². The average molecular weight is 381 g/mol. The van der Waals surface area contributed by atoms with Gasteiger partial charge in [0.1, 0.15) is 0 Å². The predicted molar refractivity (Wildman–Crippen MR) is 120 cm³/mol. The molecule has 0 amide bonds. The van der Waals surface area contributed by atoms with Crippen LogP contribution in [0.25, 0.3) is 55.5 Å². The molecule has 0 unspecified atom stereocenters. The van der Waals surface area contributed by atoms with Gasteiger partial charge in [-0.1, -0.05) is 72.8 Å². The summed E-state index contributed by atoms with van der Waals surface area (Å²) in [5, 5.41) is 1.21. The third-order valence-corrected chi connectivity index (χ3v) is 6.36. The van der Waals surface area contributed by atoms with Crippen molar-refractivity contribution in [1.29, 1.82) is 0 Å². The monoisotopic (exact) mass is 381 g/mol. The number of rotatable bonds is 1. The lowest BCUT2D eigenvalue weighted by Crippen LogP contribution is -1.95. The molecular weight excluding hydrogens is 366 g/mol. The van der Waals surface area contributed by atoms with E-state index in [1.54, 1.807) is 0 Å². The fourth-order valence-corrected chi connectivity index (χ4v) is 5.01. The van der Waals surface area contributed by atoms with Crippen molar-refractivity contribution in [1.82, 2.24) is 4.98 Å². The first-order valence-corrected chi connectivity index (χ1v) is 10.1. The molecule has 2 aliphatic carbocycles. The van der Waals surface area contributed by atoms with Crippen molar-refractivity contribution in [3.8, 4) is 44.6 Å². The van der Waals surface area contributed by atoms with Gasteiger partial charge in [-0.3, -0.25) is 4.79 Å². The van der Waals surface area contributed by atoms with E-state index in [0.29, 0.717) is 0 Å². The number of pyridine rings is 1. The Morgan fingerprint density at radius 1 is 0.500 bits per heavy atom. The van der Waals surface area contributed by atoms with Crippen LogP contribution >= 0.6 is 0 Å². The zero-order valence-electron chi connectivity index (χ0n) is 16.0. The van der Waals surface area contributed by atoms with E-state index in [4.69, 9.17) is 4.98 Å². The molecule has 7 rings (SSSR count). The van der Waals surface area contributed by atoms with E-state index in [-0.39, 0.29) is 5.78 Å². The van der Waals surface area contributed by atoms with Crippen LogP contribution in [0, 0.1) is 0 Å². The summed E-state index contributed by atoms with van der Waals surface area (Å²) >= 11 is 0. The Balaban J connectivity index is 1.46. The second-order valence-corrected chi connectivity index (χ2v) is 7.94.